The average Bonchev–Trinajstić information content (AvgIpc) is 2.59. The second-order valence-corrected chi connectivity index (χ2v) is 8.83. The molecule has 10 nitrogen and oxygen atoms in total. The number of anilines is 2. The van der Waals surface area contributed by atoms with Crippen molar-refractivity contribution in [2.45, 2.75) is 52.7 Å². The SMILES string of the molecule is CC(C)(C)OC(=O)N(C(=O)OC(C)(C)C)c1ccc(N2CCOCC2)cc1[N+](=O)[O-]. The molecule has 0 bridgehead atoms. The number of carbonyl (C=O) groups excluding carboxylic acids is 2. The molecule has 1 aromatic rings. The molecule has 0 spiro atoms. The summed E-state index contributed by atoms with van der Waals surface area (Å²) in [5.74, 6) is 0. The second-order valence-electron chi connectivity index (χ2n) is 8.83. The van der Waals surface area contributed by atoms with Gasteiger partial charge in [-0.2, -0.15) is 4.90 Å². The molecule has 1 heterocycles. The van der Waals surface area contributed by atoms with Crippen LogP contribution in [0.1, 0.15) is 41.5 Å². The fourth-order valence-electron chi connectivity index (χ4n) is 2.75. The predicted octanol–water partition coefficient (Wildman–Crippen LogP) is 4.11. The molecule has 1 aliphatic heterocycles. The third kappa shape index (κ3) is 6.31. The zero-order valence-electron chi connectivity index (χ0n) is 18.3. The lowest BCUT2D eigenvalue weighted by Crippen LogP contribution is -2.44. The van der Waals surface area contributed by atoms with E-state index in [0.29, 0.717) is 36.9 Å². The molecule has 1 aliphatic rings. The fraction of sp³-hybridized carbons (Fsp3) is 0.600. The molecule has 0 atom stereocenters. The maximum atomic E-state index is 12.8. The van der Waals surface area contributed by atoms with Crippen molar-refractivity contribution in [1.82, 2.24) is 0 Å². The van der Waals surface area contributed by atoms with Crippen LogP contribution in [0.4, 0.5) is 26.7 Å². The first-order valence-electron chi connectivity index (χ1n) is 9.66. The Morgan fingerprint density at radius 2 is 1.53 bits per heavy atom. The number of amides is 2. The van der Waals surface area contributed by atoms with Crippen molar-refractivity contribution in [3.8, 4) is 0 Å². The van der Waals surface area contributed by atoms with Crippen LogP contribution in [0.25, 0.3) is 0 Å². The number of ether oxygens (including phenoxy) is 3. The van der Waals surface area contributed by atoms with Crippen LogP contribution in [0.5, 0.6) is 0 Å². The standard InChI is InChI=1S/C20H29N3O7/c1-19(2,3)29-17(24)22(18(25)30-20(4,5)6)15-8-7-14(13-16(15)23(26)27)21-9-11-28-12-10-21/h7-8,13H,9-12H2,1-6H3. The molecule has 0 saturated carbocycles. The molecule has 0 N–H and O–H groups in total. The Morgan fingerprint density at radius 3 is 1.97 bits per heavy atom. The lowest BCUT2D eigenvalue weighted by Gasteiger charge is -2.30. The Hall–Kier alpha value is -2.88. The van der Waals surface area contributed by atoms with Crippen LogP contribution in [0.3, 0.4) is 0 Å². The minimum atomic E-state index is -1.06. The summed E-state index contributed by atoms with van der Waals surface area (Å²) in [6.07, 6.45) is -2.11. The molecule has 0 aromatic heterocycles. The van der Waals surface area contributed by atoms with Crippen molar-refractivity contribution < 1.29 is 28.7 Å². The number of hydrogen-bond acceptors (Lipinski definition) is 8. The highest BCUT2D eigenvalue weighted by molar-refractivity contribution is 6.11. The van der Waals surface area contributed by atoms with Crippen molar-refractivity contribution in [3.05, 3.63) is 28.3 Å². The lowest BCUT2D eigenvalue weighted by atomic mass is 10.2. The monoisotopic (exact) mass is 423 g/mol. The molecule has 0 unspecified atom stereocenters. The van der Waals surface area contributed by atoms with E-state index in [0.717, 1.165) is 0 Å². The van der Waals surface area contributed by atoms with Gasteiger partial charge in [-0.15, -0.1) is 0 Å². The minimum absolute atomic E-state index is 0.222. The zero-order valence-corrected chi connectivity index (χ0v) is 18.3. The molecule has 1 aromatic carbocycles. The Kier molecular flexibility index (Phi) is 6.91. The largest absolute Gasteiger partial charge is 0.443 e. The molecule has 2 amide bonds. The summed E-state index contributed by atoms with van der Waals surface area (Å²) >= 11 is 0. The number of nitro benzene ring substituents is 1. The van der Waals surface area contributed by atoms with E-state index in [1.165, 1.54) is 12.1 Å². The molecule has 0 aliphatic carbocycles. The zero-order chi connectivity index (χ0) is 22.7. The molecule has 0 radical (unpaired) electrons. The van der Waals surface area contributed by atoms with Crippen LogP contribution < -0.4 is 9.80 Å². The molecule has 10 heteroatoms. The molecule has 166 valence electrons. The fourth-order valence-corrected chi connectivity index (χ4v) is 2.75. The first kappa shape index (κ1) is 23.4. The Morgan fingerprint density at radius 1 is 1.03 bits per heavy atom. The van der Waals surface area contributed by atoms with E-state index >= 15 is 0 Å². The molecule has 1 saturated heterocycles. The van der Waals surface area contributed by atoms with E-state index in [4.69, 9.17) is 14.2 Å². The molecule has 2 rings (SSSR count). The first-order chi connectivity index (χ1) is 13.8. The van der Waals surface area contributed by atoms with Gasteiger partial charge in [-0.05, 0) is 53.7 Å². The number of hydrogen-bond donors (Lipinski definition) is 0. The number of carbonyl (C=O) groups is 2. The topological polar surface area (TPSA) is 111 Å². The summed E-state index contributed by atoms with van der Waals surface area (Å²) in [4.78, 5) is 39.3. The van der Waals surface area contributed by atoms with Gasteiger partial charge in [0.25, 0.3) is 5.69 Å². The van der Waals surface area contributed by atoms with Gasteiger partial charge in [0.15, 0.2) is 0 Å². The molecule has 1 fully saturated rings. The van der Waals surface area contributed by atoms with Gasteiger partial charge in [-0.1, -0.05) is 0 Å². The van der Waals surface area contributed by atoms with Crippen LogP contribution in [-0.4, -0.2) is 54.6 Å². The highest BCUT2D eigenvalue weighted by atomic mass is 16.6. The predicted molar refractivity (Wildman–Crippen MR) is 111 cm³/mol. The quantitative estimate of drug-likeness (QED) is 0.527. The van der Waals surface area contributed by atoms with Gasteiger partial charge in [0.05, 0.1) is 18.1 Å². The Bertz CT molecular complexity index is 778. The summed E-state index contributed by atoms with van der Waals surface area (Å²) in [6, 6.07) is 4.31. The van der Waals surface area contributed by atoms with Gasteiger partial charge in [0, 0.05) is 24.8 Å². The van der Waals surface area contributed by atoms with E-state index in [1.807, 2.05) is 4.90 Å². The Balaban J connectivity index is 2.50. The number of morpholine rings is 1. The maximum Gasteiger partial charge on any atom is 0.424 e. The summed E-state index contributed by atoms with van der Waals surface area (Å²) in [6.45, 7) is 12.0. The number of nitro groups is 1. The van der Waals surface area contributed by atoms with Gasteiger partial charge in [-0.25, -0.2) is 9.59 Å². The summed E-state index contributed by atoms with van der Waals surface area (Å²) in [5.41, 5.74) is -1.86. The van der Waals surface area contributed by atoms with Crippen molar-refractivity contribution in [2.24, 2.45) is 0 Å². The highest BCUT2D eigenvalue weighted by Gasteiger charge is 2.37. The van der Waals surface area contributed by atoms with E-state index in [9.17, 15) is 19.7 Å². The number of rotatable bonds is 3. The summed E-state index contributed by atoms with van der Waals surface area (Å²) in [5, 5.41) is 11.8. The van der Waals surface area contributed by atoms with Crippen molar-refractivity contribution >= 4 is 29.2 Å². The van der Waals surface area contributed by atoms with E-state index < -0.39 is 34.0 Å². The van der Waals surface area contributed by atoms with Gasteiger partial charge in [0.2, 0.25) is 0 Å². The van der Waals surface area contributed by atoms with Crippen molar-refractivity contribution in [1.29, 1.82) is 0 Å². The molecular formula is C20H29N3O7. The lowest BCUT2D eigenvalue weighted by molar-refractivity contribution is -0.384. The van der Waals surface area contributed by atoms with E-state index in [2.05, 4.69) is 0 Å². The van der Waals surface area contributed by atoms with Gasteiger partial charge < -0.3 is 19.1 Å². The van der Waals surface area contributed by atoms with Gasteiger partial charge >= 0.3 is 12.2 Å². The third-order valence-electron chi connectivity index (χ3n) is 3.92. The smallest absolute Gasteiger partial charge is 0.424 e. The number of imide groups is 1. The van der Waals surface area contributed by atoms with Crippen LogP contribution in [0.2, 0.25) is 0 Å². The van der Waals surface area contributed by atoms with Gasteiger partial charge in [-0.3, -0.25) is 10.1 Å². The first-order valence-corrected chi connectivity index (χ1v) is 9.66. The molecular weight excluding hydrogens is 394 g/mol. The Labute approximate surface area is 175 Å². The highest BCUT2D eigenvalue weighted by Crippen LogP contribution is 2.34. The van der Waals surface area contributed by atoms with Crippen molar-refractivity contribution in [2.75, 3.05) is 36.1 Å². The normalized spacial score (nSPS) is 14.8. The van der Waals surface area contributed by atoms with Crippen LogP contribution >= 0.6 is 0 Å². The number of benzene rings is 1. The summed E-state index contributed by atoms with van der Waals surface area (Å²) in [7, 11) is 0. The van der Waals surface area contributed by atoms with Crippen LogP contribution in [0, 0.1) is 10.1 Å². The second kappa shape index (κ2) is 8.86. The maximum absolute atomic E-state index is 12.8. The van der Waals surface area contributed by atoms with Crippen LogP contribution in [0.15, 0.2) is 18.2 Å². The van der Waals surface area contributed by atoms with E-state index in [1.54, 1.807) is 47.6 Å². The minimum Gasteiger partial charge on any atom is -0.443 e. The molecule has 30 heavy (non-hydrogen) atoms. The van der Waals surface area contributed by atoms with Crippen molar-refractivity contribution in [3.63, 3.8) is 0 Å². The third-order valence-corrected chi connectivity index (χ3v) is 3.92. The van der Waals surface area contributed by atoms with Gasteiger partial charge in [0.1, 0.15) is 16.9 Å². The van der Waals surface area contributed by atoms with E-state index in [-0.39, 0.29) is 5.69 Å². The average molecular weight is 423 g/mol. The summed E-state index contributed by atoms with van der Waals surface area (Å²) < 4.78 is 15.9. The number of nitrogens with zero attached hydrogens (tertiary/aromatic N) is 3. The van der Waals surface area contributed by atoms with Crippen LogP contribution in [-0.2, 0) is 14.2 Å².